The Kier molecular flexibility index (Phi) is 3.35. The van der Waals surface area contributed by atoms with E-state index in [1.54, 1.807) is 12.1 Å². The number of nitrogens with two attached hydrogens (primary N) is 1. The average molecular weight is 330 g/mol. The van der Waals surface area contributed by atoms with Gasteiger partial charge < -0.3 is 5.73 Å². The number of fused-ring (bicyclic) bond motifs is 3. The van der Waals surface area contributed by atoms with E-state index < -0.39 is 0 Å². The lowest BCUT2D eigenvalue weighted by molar-refractivity contribution is -0.632. The highest BCUT2D eigenvalue weighted by molar-refractivity contribution is 6.09. The van der Waals surface area contributed by atoms with E-state index in [4.69, 9.17) is 5.73 Å². The summed E-state index contributed by atoms with van der Waals surface area (Å²) in [5.74, 6) is 0. The lowest BCUT2D eigenvalue weighted by Gasteiger charge is -2.10. The van der Waals surface area contributed by atoms with Crippen LogP contribution in [-0.4, -0.2) is 4.92 Å². The highest BCUT2D eigenvalue weighted by Gasteiger charge is 2.21. The maximum atomic E-state index is 10.9. The molecule has 5 nitrogen and oxygen atoms in total. The van der Waals surface area contributed by atoms with Crippen LogP contribution >= 0.6 is 0 Å². The molecule has 0 saturated heterocycles. The van der Waals surface area contributed by atoms with Gasteiger partial charge in [0.15, 0.2) is 0 Å². The van der Waals surface area contributed by atoms with Gasteiger partial charge in [0.1, 0.15) is 7.05 Å². The molecule has 25 heavy (non-hydrogen) atoms. The molecule has 0 aliphatic carbocycles. The van der Waals surface area contributed by atoms with Crippen LogP contribution in [0.3, 0.4) is 0 Å². The Morgan fingerprint density at radius 3 is 2.28 bits per heavy atom. The number of nitrogen functional groups attached to an aromatic ring is 1. The molecular weight excluding hydrogens is 314 g/mol. The maximum Gasteiger partial charge on any atom is 0.269 e. The van der Waals surface area contributed by atoms with Crippen molar-refractivity contribution in [2.24, 2.45) is 7.05 Å². The van der Waals surface area contributed by atoms with Crippen molar-refractivity contribution in [2.45, 2.75) is 0 Å². The smallest absolute Gasteiger partial charge is 0.269 e. The van der Waals surface area contributed by atoms with Crippen molar-refractivity contribution in [1.82, 2.24) is 0 Å². The van der Waals surface area contributed by atoms with Crippen LogP contribution in [0.15, 0.2) is 66.7 Å². The summed E-state index contributed by atoms with van der Waals surface area (Å²) in [5, 5.41) is 14.3. The van der Waals surface area contributed by atoms with Crippen molar-refractivity contribution in [3.05, 3.63) is 76.8 Å². The van der Waals surface area contributed by atoms with Gasteiger partial charge in [-0.05, 0) is 30.3 Å². The molecule has 0 fully saturated rings. The van der Waals surface area contributed by atoms with Gasteiger partial charge in [0.25, 0.3) is 5.69 Å². The van der Waals surface area contributed by atoms with Crippen molar-refractivity contribution in [3.8, 4) is 11.3 Å². The molecule has 0 aliphatic heterocycles. The number of nitro groups is 1. The van der Waals surface area contributed by atoms with Crippen LogP contribution in [0.5, 0.6) is 0 Å². The molecular formula is C20H16N3O2+. The summed E-state index contributed by atoms with van der Waals surface area (Å²) in [5.41, 5.74) is 9.72. The molecule has 0 bridgehead atoms. The summed E-state index contributed by atoms with van der Waals surface area (Å²) in [6, 6.07) is 20.7. The van der Waals surface area contributed by atoms with Gasteiger partial charge >= 0.3 is 0 Å². The number of aryl methyl sites for hydroxylation is 1. The number of benzene rings is 3. The van der Waals surface area contributed by atoms with Crippen molar-refractivity contribution in [3.63, 3.8) is 0 Å². The second kappa shape index (κ2) is 5.56. The third-order valence-electron chi connectivity index (χ3n) is 4.54. The van der Waals surface area contributed by atoms with Gasteiger partial charge in [-0.3, -0.25) is 10.1 Å². The first-order valence-electron chi connectivity index (χ1n) is 7.91. The number of rotatable bonds is 2. The predicted molar refractivity (Wildman–Crippen MR) is 99.1 cm³/mol. The zero-order valence-electron chi connectivity index (χ0n) is 13.6. The van der Waals surface area contributed by atoms with Crippen LogP contribution in [0, 0.1) is 10.1 Å². The topological polar surface area (TPSA) is 73.0 Å². The lowest BCUT2D eigenvalue weighted by Crippen LogP contribution is -2.32. The van der Waals surface area contributed by atoms with Gasteiger partial charge in [0.2, 0.25) is 11.2 Å². The summed E-state index contributed by atoms with van der Waals surface area (Å²) >= 11 is 0. The van der Waals surface area contributed by atoms with Crippen LogP contribution in [0.25, 0.3) is 32.9 Å². The third kappa shape index (κ3) is 2.37. The minimum Gasteiger partial charge on any atom is -0.399 e. The molecule has 0 atom stereocenters. The van der Waals surface area contributed by atoms with E-state index in [0.29, 0.717) is 5.69 Å². The average Bonchev–Trinajstić information content (AvgIpc) is 2.62. The summed E-state index contributed by atoms with van der Waals surface area (Å²) < 4.78 is 2.09. The summed E-state index contributed by atoms with van der Waals surface area (Å²) in [6.45, 7) is 0. The van der Waals surface area contributed by atoms with E-state index >= 15 is 0 Å². The summed E-state index contributed by atoms with van der Waals surface area (Å²) in [4.78, 5) is 10.5. The van der Waals surface area contributed by atoms with Crippen molar-refractivity contribution >= 4 is 33.1 Å². The first kappa shape index (κ1) is 15.1. The molecule has 0 amide bonds. The van der Waals surface area contributed by atoms with Crippen molar-refractivity contribution < 1.29 is 9.49 Å². The number of anilines is 1. The third-order valence-corrected chi connectivity index (χ3v) is 4.54. The quantitative estimate of drug-likeness (QED) is 0.199. The number of aromatic nitrogens is 1. The molecule has 4 aromatic rings. The monoisotopic (exact) mass is 330 g/mol. The fourth-order valence-corrected chi connectivity index (χ4v) is 3.37. The summed E-state index contributed by atoms with van der Waals surface area (Å²) in [7, 11) is 1.99. The predicted octanol–water partition coefficient (Wildman–Crippen LogP) is 3.97. The molecule has 4 rings (SSSR count). The lowest BCUT2D eigenvalue weighted by atomic mass is 9.99. The normalized spacial score (nSPS) is 11.1. The summed E-state index contributed by atoms with van der Waals surface area (Å²) in [6.07, 6.45) is 0. The van der Waals surface area contributed by atoms with E-state index in [1.165, 1.54) is 12.1 Å². The minimum absolute atomic E-state index is 0.0840. The van der Waals surface area contributed by atoms with Gasteiger partial charge in [0, 0.05) is 34.8 Å². The van der Waals surface area contributed by atoms with Crippen LogP contribution in [0.1, 0.15) is 0 Å². The van der Waals surface area contributed by atoms with Crippen LogP contribution in [0.4, 0.5) is 11.4 Å². The van der Waals surface area contributed by atoms with Gasteiger partial charge in [-0.15, -0.1) is 0 Å². The number of hydrogen-bond acceptors (Lipinski definition) is 3. The van der Waals surface area contributed by atoms with E-state index in [-0.39, 0.29) is 10.6 Å². The fourth-order valence-electron chi connectivity index (χ4n) is 3.37. The van der Waals surface area contributed by atoms with E-state index in [2.05, 4.69) is 16.7 Å². The van der Waals surface area contributed by atoms with E-state index in [0.717, 1.165) is 32.9 Å². The maximum absolute atomic E-state index is 10.9. The molecule has 1 heterocycles. The first-order chi connectivity index (χ1) is 12.1. The largest absolute Gasteiger partial charge is 0.399 e. The second-order valence-electron chi connectivity index (χ2n) is 6.03. The Morgan fingerprint density at radius 1 is 0.920 bits per heavy atom. The minimum atomic E-state index is -0.386. The molecule has 2 N–H and O–H groups in total. The Balaban J connectivity index is 2.11. The Morgan fingerprint density at radius 2 is 1.60 bits per heavy atom. The van der Waals surface area contributed by atoms with Gasteiger partial charge in [-0.25, -0.2) is 0 Å². The molecule has 0 aliphatic rings. The molecule has 0 spiro atoms. The van der Waals surface area contributed by atoms with Crippen molar-refractivity contribution in [2.75, 3.05) is 5.73 Å². The Labute approximate surface area is 144 Å². The molecule has 0 radical (unpaired) electrons. The molecule has 1 aromatic heterocycles. The number of non-ortho nitro benzene ring substituents is 1. The van der Waals surface area contributed by atoms with Crippen LogP contribution < -0.4 is 10.3 Å². The molecule has 5 heteroatoms. The second-order valence-corrected chi connectivity index (χ2v) is 6.03. The number of nitro benzene ring substituents is 1. The van der Waals surface area contributed by atoms with Crippen molar-refractivity contribution in [1.29, 1.82) is 0 Å². The first-order valence-corrected chi connectivity index (χ1v) is 7.91. The van der Waals surface area contributed by atoms with Gasteiger partial charge in [-0.2, -0.15) is 4.57 Å². The Hall–Kier alpha value is -3.47. The number of nitrogens with zero attached hydrogens (tertiary/aromatic N) is 2. The number of hydrogen-bond donors (Lipinski definition) is 1. The zero-order valence-corrected chi connectivity index (χ0v) is 13.6. The molecule has 0 unspecified atom stereocenters. The SMILES string of the molecule is C[n+]1c(-c2ccc([N+](=O)[O-])cc2)c2ccccc2c2ccc(N)cc21. The van der Waals surface area contributed by atoms with Crippen LogP contribution in [-0.2, 0) is 7.05 Å². The van der Waals surface area contributed by atoms with Gasteiger partial charge in [-0.1, -0.05) is 18.2 Å². The van der Waals surface area contributed by atoms with Gasteiger partial charge in [0.05, 0.1) is 15.7 Å². The Bertz CT molecular complexity index is 1140. The van der Waals surface area contributed by atoms with E-state index in [1.807, 2.05) is 37.4 Å². The van der Waals surface area contributed by atoms with E-state index in [9.17, 15) is 10.1 Å². The highest BCUT2D eigenvalue weighted by Crippen LogP contribution is 2.32. The molecule has 0 saturated carbocycles. The van der Waals surface area contributed by atoms with Crippen LogP contribution in [0.2, 0.25) is 0 Å². The highest BCUT2D eigenvalue weighted by atomic mass is 16.6. The number of pyridine rings is 1. The molecule has 122 valence electrons. The molecule has 3 aromatic carbocycles. The zero-order chi connectivity index (χ0) is 17.6. The fraction of sp³-hybridized carbons (Fsp3) is 0.0500. The standard InChI is InChI=1S/C20H15N3O2/c1-22-19-12-14(21)8-11-17(19)16-4-2-3-5-18(16)20(22)13-6-9-15(10-7-13)23(24)25/h2-12,21H,1H3/p+1.